The van der Waals surface area contributed by atoms with Crippen LogP contribution in [0.1, 0.15) is 30.6 Å². The second-order valence-electron chi connectivity index (χ2n) is 10.2. The van der Waals surface area contributed by atoms with E-state index in [0.29, 0.717) is 0 Å². The number of aliphatic hydroxyl groups is 4. The van der Waals surface area contributed by atoms with E-state index < -0.39 is 83.9 Å². The molecule has 0 bridgehead atoms. The number of aromatic hydroxyl groups is 5. The summed E-state index contributed by atoms with van der Waals surface area (Å²) in [5.41, 5.74) is -1.31. The Kier molecular flexibility index (Phi) is 9.30. The van der Waals surface area contributed by atoms with E-state index in [-0.39, 0.29) is 34.6 Å². The molecule has 3 unspecified atom stereocenters. The Morgan fingerprint density at radius 2 is 1.75 bits per heavy atom. The number of hydrogen-bond acceptors (Lipinski definition) is 14. The van der Waals surface area contributed by atoms with E-state index in [9.17, 15) is 50.8 Å². The van der Waals surface area contributed by atoms with Crippen LogP contribution in [-0.2, 0) is 23.7 Å². The molecule has 2 aliphatic heterocycles. The average molecular weight is 617 g/mol. The molecule has 2 fully saturated rings. The number of carbonyl (C=O) groups is 1. The number of ether oxygens (including phenoxy) is 4. The Labute approximate surface area is 250 Å². The Morgan fingerprint density at radius 3 is 2.34 bits per heavy atom. The van der Waals surface area contributed by atoms with Crippen molar-refractivity contribution in [2.24, 2.45) is 0 Å². The van der Waals surface area contributed by atoms with Crippen LogP contribution < -0.4 is 0 Å². The molecule has 2 aromatic rings. The fourth-order valence-corrected chi connectivity index (χ4v) is 4.60. The van der Waals surface area contributed by atoms with Gasteiger partial charge in [-0.1, -0.05) is 12.6 Å². The summed E-state index contributed by atoms with van der Waals surface area (Å²) in [5, 5.41) is 89.0. The molecule has 14 nitrogen and oxygen atoms in total. The molecule has 5 atom stereocenters. The van der Waals surface area contributed by atoms with Crippen LogP contribution in [0.25, 0.3) is 6.08 Å². The second kappa shape index (κ2) is 12.8. The molecule has 14 heteroatoms. The van der Waals surface area contributed by atoms with Gasteiger partial charge in [-0.25, -0.2) is 4.79 Å². The zero-order valence-electron chi connectivity index (χ0n) is 23.3. The van der Waals surface area contributed by atoms with Crippen molar-refractivity contribution in [1.82, 2.24) is 0 Å². The van der Waals surface area contributed by atoms with Crippen molar-refractivity contribution in [2.45, 2.75) is 43.5 Å². The third-order valence-electron chi connectivity index (χ3n) is 6.99. The predicted molar refractivity (Wildman–Crippen MR) is 150 cm³/mol. The van der Waals surface area contributed by atoms with Gasteiger partial charge in [0.1, 0.15) is 35.1 Å². The van der Waals surface area contributed by atoms with E-state index in [4.69, 9.17) is 18.9 Å². The second-order valence-corrected chi connectivity index (χ2v) is 10.2. The van der Waals surface area contributed by atoms with E-state index in [1.54, 1.807) is 0 Å². The number of phenols is 5. The SMILES string of the molecule is C=C(O)/C=C1/O[C@H](c2ccc(O)c(O)c2)[C@H](OC(=O)/C=C/c2cc(O)c(O)c(O)c2)C/C1=C(/C)OC1OCC(O)(CO)C1O. The third-order valence-corrected chi connectivity index (χ3v) is 6.99. The highest BCUT2D eigenvalue weighted by Crippen LogP contribution is 2.43. The summed E-state index contributed by atoms with van der Waals surface area (Å²) >= 11 is 0. The molecule has 2 saturated heterocycles. The number of rotatable bonds is 8. The van der Waals surface area contributed by atoms with Crippen molar-refractivity contribution < 1.29 is 69.7 Å². The van der Waals surface area contributed by atoms with E-state index in [0.717, 1.165) is 24.3 Å². The zero-order chi connectivity index (χ0) is 32.3. The molecule has 0 amide bonds. The first-order chi connectivity index (χ1) is 20.7. The minimum atomic E-state index is -1.96. The summed E-state index contributed by atoms with van der Waals surface area (Å²) in [6, 6.07) is 6.01. The lowest BCUT2D eigenvalue weighted by molar-refractivity contribution is -0.153. The third kappa shape index (κ3) is 6.84. The smallest absolute Gasteiger partial charge is 0.331 e. The number of aliphatic hydroxyl groups excluding tert-OH is 3. The van der Waals surface area contributed by atoms with Gasteiger partial charge in [-0.15, -0.1) is 0 Å². The number of carbonyl (C=O) groups excluding carboxylic acids is 1. The largest absolute Gasteiger partial charge is 0.508 e. The zero-order valence-corrected chi connectivity index (χ0v) is 23.3. The summed E-state index contributed by atoms with van der Waals surface area (Å²) in [4.78, 5) is 12.9. The van der Waals surface area contributed by atoms with E-state index in [1.807, 2.05) is 0 Å². The molecule has 4 rings (SSSR count). The molecule has 9 N–H and O–H groups in total. The molecule has 2 aromatic carbocycles. The van der Waals surface area contributed by atoms with Crippen LogP contribution in [0.2, 0.25) is 0 Å². The van der Waals surface area contributed by atoms with Crippen molar-refractivity contribution >= 4 is 12.0 Å². The highest BCUT2D eigenvalue weighted by atomic mass is 16.7. The summed E-state index contributed by atoms with van der Waals surface area (Å²) < 4.78 is 22.9. The highest BCUT2D eigenvalue weighted by molar-refractivity contribution is 5.87. The normalized spacial score (nSPS) is 27.2. The Hall–Kier alpha value is -4.89. The van der Waals surface area contributed by atoms with Gasteiger partial charge in [0, 0.05) is 29.7 Å². The van der Waals surface area contributed by atoms with Crippen molar-refractivity contribution in [3.63, 3.8) is 0 Å². The topological polar surface area (TPSA) is 236 Å². The lowest BCUT2D eigenvalue weighted by Crippen LogP contribution is -2.47. The molecule has 236 valence electrons. The van der Waals surface area contributed by atoms with Crippen molar-refractivity contribution in [3.8, 4) is 28.7 Å². The van der Waals surface area contributed by atoms with Gasteiger partial charge >= 0.3 is 5.97 Å². The molecular formula is C30H32O14. The Balaban J connectivity index is 1.68. The summed E-state index contributed by atoms with van der Waals surface area (Å²) in [6.45, 7) is 3.70. The molecular weight excluding hydrogens is 584 g/mol. The van der Waals surface area contributed by atoms with Crippen LogP contribution in [0.4, 0.5) is 0 Å². The van der Waals surface area contributed by atoms with Crippen LogP contribution >= 0.6 is 0 Å². The molecule has 2 aliphatic rings. The first kappa shape index (κ1) is 32.0. The Morgan fingerprint density at radius 1 is 1.07 bits per heavy atom. The van der Waals surface area contributed by atoms with Crippen molar-refractivity contribution in [1.29, 1.82) is 0 Å². The molecule has 0 spiro atoms. The summed E-state index contributed by atoms with van der Waals surface area (Å²) in [6.07, 6.45) is -2.06. The lowest BCUT2D eigenvalue weighted by atomic mass is 9.92. The number of esters is 1. The van der Waals surface area contributed by atoms with Gasteiger partial charge in [0.15, 0.2) is 34.9 Å². The van der Waals surface area contributed by atoms with Crippen LogP contribution in [-0.4, -0.2) is 89.2 Å². The van der Waals surface area contributed by atoms with Gasteiger partial charge in [0.25, 0.3) is 0 Å². The van der Waals surface area contributed by atoms with Gasteiger partial charge in [-0.3, -0.25) is 0 Å². The maximum absolute atomic E-state index is 12.9. The first-order valence-corrected chi connectivity index (χ1v) is 13.1. The molecule has 0 aromatic heterocycles. The number of phenolic OH excluding ortho intramolecular Hbond substituents is 5. The molecule has 44 heavy (non-hydrogen) atoms. The molecule has 0 radical (unpaired) electrons. The molecule has 0 aliphatic carbocycles. The quantitative estimate of drug-likeness (QED) is 0.0893. The maximum atomic E-state index is 12.9. The van der Waals surface area contributed by atoms with Crippen molar-refractivity contribution in [2.75, 3.05) is 13.2 Å². The average Bonchev–Trinajstić information content (AvgIpc) is 3.25. The maximum Gasteiger partial charge on any atom is 0.331 e. The van der Waals surface area contributed by atoms with Gasteiger partial charge < -0.3 is 64.9 Å². The van der Waals surface area contributed by atoms with Crippen LogP contribution in [0.5, 0.6) is 28.7 Å². The monoisotopic (exact) mass is 616 g/mol. The minimum Gasteiger partial charge on any atom is -0.508 e. The van der Waals surface area contributed by atoms with Crippen LogP contribution in [0.15, 0.2) is 71.9 Å². The lowest BCUT2D eigenvalue weighted by Gasteiger charge is -2.36. The molecule has 2 heterocycles. The van der Waals surface area contributed by atoms with Crippen molar-refractivity contribution in [3.05, 3.63) is 83.0 Å². The fraction of sp³-hybridized carbons (Fsp3) is 0.300. The summed E-state index contributed by atoms with van der Waals surface area (Å²) in [5.74, 6) is -4.09. The van der Waals surface area contributed by atoms with Gasteiger partial charge in [-0.05, 0) is 42.8 Å². The van der Waals surface area contributed by atoms with Gasteiger partial charge in [0.2, 0.25) is 6.29 Å². The Bertz CT molecular complexity index is 1500. The number of benzene rings is 2. The van der Waals surface area contributed by atoms with E-state index >= 15 is 0 Å². The minimum absolute atomic E-state index is 0.00959. The van der Waals surface area contributed by atoms with Gasteiger partial charge in [0.05, 0.1) is 13.2 Å². The fourth-order valence-electron chi connectivity index (χ4n) is 4.60. The molecule has 0 saturated carbocycles. The predicted octanol–water partition coefficient (Wildman–Crippen LogP) is 1.99. The van der Waals surface area contributed by atoms with Crippen LogP contribution in [0.3, 0.4) is 0 Å². The highest BCUT2D eigenvalue weighted by Gasteiger charge is 2.49. The van der Waals surface area contributed by atoms with E-state index in [1.165, 1.54) is 31.2 Å². The van der Waals surface area contributed by atoms with E-state index in [2.05, 4.69) is 6.58 Å². The standard InChI is InChI=1S/C30H32O14/c1-14(32)7-23-18(15(2)42-29-28(39)30(40,12-31)13-41-29)11-24(27(44-23)17-4-5-19(33)20(34)10-17)43-25(37)6-3-16-8-21(35)26(38)22(36)9-16/h3-10,24,27-29,31-36,38-40H,1,11-13H2,2H3/b6-3+,18-15+,23-7+/t24-,27-,28?,29?,30?/m1/s1. The summed E-state index contributed by atoms with van der Waals surface area (Å²) in [7, 11) is 0. The number of allylic oxidation sites excluding steroid dienone is 3. The first-order valence-electron chi connectivity index (χ1n) is 13.1. The van der Waals surface area contributed by atoms with Gasteiger partial charge in [-0.2, -0.15) is 0 Å². The number of hydrogen-bond donors (Lipinski definition) is 9. The van der Waals surface area contributed by atoms with Crippen LogP contribution in [0, 0.1) is 0 Å².